The van der Waals surface area contributed by atoms with Crippen molar-refractivity contribution < 1.29 is 0 Å². The minimum Gasteiger partial charge on any atom is -0.309 e. The lowest BCUT2D eigenvalue weighted by Gasteiger charge is -2.07. The summed E-state index contributed by atoms with van der Waals surface area (Å²) in [6.07, 6.45) is 0. The first kappa shape index (κ1) is 12.9. The van der Waals surface area contributed by atoms with E-state index < -0.39 is 0 Å². The first-order valence-corrected chi connectivity index (χ1v) is 6.90. The van der Waals surface area contributed by atoms with E-state index in [1.54, 1.807) is 0 Å². The molecule has 88 valence electrons. The zero-order chi connectivity index (χ0) is 12.1. The third kappa shape index (κ3) is 3.98. The molecule has 1 nitrogen and oxygen atoms in total. The predicted octanol–water partition coefficient (Wildman–Crippen LogP) is 4.23. The second-order valence-corrected chi connectivity index (χ2v) is 5.42. The highest BCUT2D eigenvalue weighted by Crippen LogP contribution is 2.17. The third-order valence-electron chi connectivity index (χ3n) is 2.50. The zero-order valence-electron chi connectivity index (χ0n) is 9.29. The van der Waals surface area contributed by atoms with E-state index in [0.29, 0.717) is 0 Å². The van der Waals surface area contributed by atoms with E-state index in [2.05, 4.69) is 52.2 Å². The molecule has 0 fully saturated rings. The van der Waals surface area contributed by atoms with Gasteiger partial charge in [0.05, 0.1) is 0 Å². The van der Waals surface area contributed by atoms with Gasteiger partial charge in [-0.1, -0.05) is 41.9 Å². The molecule has 2 aromatic rings. The normalized spacial score (nSPS) is 10.5. The monoisotopic (exact) mass is 357 g/mol. The number of nitrogens with one attached hydrogen (secondary N) is 1. The van der Waals surface area contributed by atoms with Crippen LogP contribution in [0.1, 0.15) is 11.1 Å². The molecule has 0 spiro atoms. The van der Waals surface area contributed by atoms with E-state index in [1.165, 1.54) is 14.7 Å². The third-order valence-corrected chi connectivity index (χ3v) is 3.78. The van der Waals surface area contributed by atoms with E-state index in [1.807, 2.05) is 24.3 Å². The first-order valence-electron chi connectivity index (χ1n) is 5.44. The van der Waals surface area contributed by atoms with Crippen molar-refractivity contribution in [1.82, 2.24) is 5.32 Å². The Morgan fingerprint density at radius 2 is 1.76 bits per heavy atom. The van der Waals surface area contributed by atoms with Crippen LogP contribution in [0.3, 0.4) is 0 Å². The zero-order valence-corrected chi connectivity index (χ0v) is 12.2. The molecular weight excluding hydrogens is 345 g/mol. The van der Waals surface area contributed by atoms with Gasteiger partial charge in [-0.15, -0.1) is 0 Å². The van der Waals surface area contributed by atoms with Gasteiger partial charge in [0.2, 0.25) is 0 Å². The summed E-state index contributed by atoms with van der Waals surface area (Å²) in [5.41, 5.74) is 2.54. The van der Waals surface area contributed by atoms with Crippen molar-refractivity contribution in [3.63, 3.8) is 0 Å². The molecule has 3 heteroatoms. The fraction of sp³-hybridized carbons (Fsp3) is 0.143. The molecule has 0 aromatic heterocycles. The van der Waals surface area contributed by atoms with Crippen molar-refractivity contribution in [1.29, 1.82) is 0 Å². The topological polar surface area (TPSA) is 12.0 Å². The molecule has 0 atom stereocenters. The summed E-state index contributed by atoms with van der Waals surface area (Å²) in [6, 6.07) is 16.4. The Balaban J connectivity index is 1.92. The number of benzene rings is 2. The summed E-state index contributed by atoms with van der Waals surface area (Å²) in [7, 11) is 0. The van der Waals surface area contributed by atoms with Crippen molar-refractivity contribution in [3.05, 3.63) is 68.3 Å². The molecule has 0 aliphatic heterocycles. The van der Waals surface area contributed by atoms with Gasteiger partial charge in [0.1, 0.15) is 0 Å². The van der Waals surface area contributed by atoms with E-state index in [0.717, 1.165) is 18.1 Å². The van der Waals surface area contributed by atoms with Crippen LogP contribution in [-0.2, 0) is 13.1 Å². The number of hydrogen-bond acceptors (Lipinski definition) is 1. The highest BCUT2D eigenvalue weighted by atomic mass is 127. The van der Waals surface area contributed by atoms with Gasteiger partial charge in [0.15, 0.2) is 0 Å². The molecule has 0 saturated carbocycles. The quantitative estimate of drug-likeness (QED) is 0.807. The molecular formula is C14H13ClIN. The first-order chi connectivity index (χ1) is 8.25. The summed E-state index contributed by atoms with van der Waals surface area (Å²) >= 11 is 8.31. The van der Waals surface area contributed by atoms with Gasteiger partial charge in [0, 0.05) is 21.7 Å². The van der Waals surface area contributed by atoms with Crippen LogP contribution in [0, 0.1) is 3.57 Å². The lowest BCUT2D eigenvalue weighted by Crippen LogP contribution is -2.13. The van der Waals surface area contributed by atoms with Crippen LogP contribution in [0.25, 0.3) is 0 Å². The summed E-state index contributed by atoms with van der Waals surface area (Å²) in [5.74, 6) is 0. The number of halogens is 2. The highest BCUT2D eigenvalue weighted by Gasteiger charge is 2.00. The van der Waals surface area contributed by atoms with Crippen molar-refractivity contribution in [2.75, 3.05) is 0 Å². The smallest absolute Gasteiger partial charge is 0.0409 e. The fourth-order valence-corrected chi connectivity index (χ4v) is 2.34. The summed E-state index contributed by atoms with van der Waals surface area (Å²) in [4.78, 5) is 0. The number of rotatable bonds is 4. The van der Waals surface area contributed by atoms with Crippen LogP contribution in [0.15, 0.2) is 48.5 Å². The average Bonchev–Trinajstić information content (AvgIpc) is 2.35. The average molecular weight is 358 g/mol. The van der Waals surface area contributed by atoms with E-state index >= 15 is 0 Å². The summed E-state index contributed by atoms with van der Waals surface area (Å²) in [5, 5.41) is 4.22. The Morgan fingerprint density at radius 1 is 1.00 bits per heavy atom. The molecule has 0 aliphatic rings. The van der Waals surface area contributed by atoms with Crippen LogP contribution in [0.5, 0.6) is 0 Å². The van der Waals surface area contributed by atoms with Gasteiger partial charge >= 0.3 is 0 Å². The lowest BCUT2D eigenvalue weighted by atomic mass is 10.2. The maximum absolute atomic E-state index is 5.98. The molecule has 2 aromatic carbocycles. The van der Waals surface area contributed by atoms with E-state index in [9.17, 15) is 0 Å². The van der Waals surface area contributed by atoms with Gasteiger partial charge in [-0.05, 0) is 51.9 Å². The van der Waals surface area contributed by atoms with Crippen LogP contribution in [-0.4, -0.2) is 0 Å². The molecule has 0 heterocycles. The largest absolute Gasteiger partial charge is 0.309 e. The summed E-state index contributed by atoms with van der Waals surface area (Å²) in [6.45, 7) is 1.72. The Bertz CT molecular complexity index is 485. The molecule has 0 amide bonds. The standard InChI is InChI=1S/C14H13ClIN/c15-13-6-7-14(16)12(8-13)10-17-9-11-4-2-1-3-5-11/h1-8,17H,9-10H2. The fourth-order valence-electron chi connectivity index (χ4n) is 1.62. The molecule has 1 N–H and O–H groups in total. The SMILES string of the molecule is Clc1ccc(I)c(CNCc2ccccc2)c1. The van der Waals surface area contributed by atoms with Gasteiger partial charge in [-0.3, -0.25) is 0 Å². The number of hydrogen-bond donors (Lipinski definition) is 1. The molecule has 0 radical (unpaired) electrons. The highest BCUT2D eigenvalue weighted by molar-refractivity contribution is 14.1. The van der Waals surface area contributed by atoms with Crippen LogP contribution in [0.4, 0.5) is 0 Å². The maximum Gasteiger partial charge on any atom is 0.0409 e. The molecule has 0 unspecified atom stereocenters. The van der Waals surface area contributed by atoms with Crippen molar-refractivity contribution in [2.24, 2.45) is 0 Å². The lowest BCUT2D eigenvalue weighted by molar-refractivity contribution is 0.691. The van der Waals surface area contributed by atoms with Crippen LogP contribution >= 0.6 is 34.2 Å². The van der Waals surface area contributed by atoms with Crippen molar-refractivity contribution >= 4 is 34.2 Å². The molecule has 2 rings (SSSR count). The molecule has 17 heavy (non-hydrogen) atoms. The van der Waals surface area contributed by atoms with Crippen LogP contribution < -0.4 is 5.32 Å². The molecule has 0 saturated heterocycles. The summed E-state index contributed by atoms with van der Waals surface area (Å²) < 4.78 is 1.24. The Hall–Kier alpha value is -0.580. The Kier molecular flexibility index (Phi) is 4.83. The molecule has 0 aliphatic carbocycles. The van der Waals surface area contributed by atoms with Gasteiger partial charge in [-0.25, -0.2) is 0 Å². The van der Waals surface area contributed by atoms with E-state index in [-0.39, 0.29) is 0 Å². The second kappa shape index (κ2) is 6.38. The van der Waals surface area contributed by atoms with Crippen LogP contribution in [0.2, 0.25) is 5.02 Å². The minimum absolute atomic E-state index is 0.793. The predicted molar refractivity (Wildman–Crippen MR) is 81.2 cm³/mol. The van der Waals surface area contributed by atoms with Gasteiger partial charge in [0.25, 0.3) is 0 Å². The van der Waals surface area contributed by atoms with Crippen molar-refractivity contribution in [2.45, 2.75) is 13.1 Å². The maximum atomic E-state index is 5.98. The minimum atomic E-state index is 0.793. The Morgan fingerprint density at radius 3 is 2.53 bits per heavy atom. The van der Waals surface area contributed by atoms with Crippen molar-refractivity contribution in [3.8, 4) is 0 Å². The van der Waals surface area contributed by atoms with E-state index in [4.69, 9.17) is 11.6 Å². The van der Waals surface area contributed by atoms with Gasteiger partial charge in [-0.2, -0.15) is 0 Å². The Labute approximate surface area is 120 Å². The second-order valence-electron chi connectivity index (χ2n) is 3.82. The molecule has 0 bridgehead atoms. The van der Waals surface area contributed by atoms with Gasteiger partial charge < -0.3 is 5.32 Å².